The fraction of sp³-hybridized carbons (Fsp3) is 0.667. The molecule has 2 saturated heterocycles. The quantitative estimate of drug-likeness (QED) is 0.663. The molecule has 1 aromatic rings. The summed E-state index contributed by atoms with van der Waals surface area (Å²) in [6.07, 6.45) is 4.28. The van der Waals surface area contributed by atoms with E-state index >= 15 is 0 Å². The maximum atomic E-state index is 6.36. The molecule has 0 amide bonds. The van der Waals surface area contributed by atoms with Crippen LogP contribution in [0.4, 0.5) is 0 Å². The van der Waals surface area contributed by atoms with Crippen LogP contribution in [-0.4, -0.2) is 50.8 Å². The third kappa shape index (κ3) is 4.14. The van der Waals surface area contributed by atoms with Crippen molar-refractivity contribution in [3.63, 3.8) is 0 Å². The zero-order chi connectivity index (χ0) is 18.6. The van der Waals surface area contributed by atoms with Crippen molar-refractivity contribution in [1.82, 2.24) is 4.90 Å². The Morgan fingerprint density at radius 1 is 1.31 bits per heavy atom. The topological polar surface area (TPSA) is 60.1 Å². The lowest BCUT2D eigenvalue weighted by Gasteiger charge is -2.38. The Morgan fingerprint density at radius 2 is 2.00 bits per heavy atom. The molecule has 0 aromatic heterocycles. The molecule has 2 heterocycles. The molecule has 0 bridgehead atoms. The van der Waals surface area contributed by atoms with Crippen molar-refractivity contribution in [2.75, 3.05) is 40.0 Å². The SMILES string of the molecule is COc1ccc(C)cc1C1(CN=C(N)N2CCC(C)CC2)CCOCC1. The molecule has 2 fully saturated rings. The predicted molar refractivity (Wildman–Crippen MR) is 106 cm³/mol. The number of rotatable bonds is 4. The van der Waals surface area contributed by atoms with Crippen molar-refractivity contribution >= 4 is 5.96 Å². The van der Waals surface area contributed by atoms with Crippen LogP contribution >= 0.6 is 0 Å². The van der Waals surface area contributed by atoms with E-state index in [0.29, 0.717) is 12.5 Å². The molecule has 2 N–H and O–H groups in total. The van der Waals surface area contributed by atoms with E-state index in [0.717, 1.165) is 50.8 Å². The van der Waals surface area contributed by atoms with Gasteiger partial charge in [0, 0.05) is 37.3 Å². The van der Waals surface area contributed by atoms with Gasteiger partial charge in [-0.15, -0.1) is 0 Å². The largest absolute Gasteiger partial charge is 0.496 e. The fourth-order valence-corrected chi connectivity index (χ4v) is 4.08. The average Bonchev–Trinajstić information content (AvgIpc) is 2.67. The van der Waals surface area contributed by atoms with Gasteiger partial charge in [0.2, 0.25) is 0 Å². The molecular formula is C21H33N3O2. The number of benzene rings is 1. The molecule has 0 atom stereocenters. The van der Waals surface area contributed by atoms with Crippen molar-refractivity contribution in [2.24, 2.45) is 16.6 Å². The minimum atomic E-state index is -0.0662. The van der Waals surface area contributed by atoms with Crippen LogP contribution in [0.25, 0.3) is 0 Å². The maximum absolute atomic E-state index is 6.36. The molecule has 3 rings (SSSR count). The van der Waals surface area contributed by atoms with Crippen LogP contribution in [0.3, 0.4) is 0 Å². The first kappa shape index (κ1) is 19.0. The molecule has 2 aliphatic rings. The smallest absolute Gasteiger partial charge is 0.191 e. The van der Waals surface area contributed by atoms with Gasteiger partial charge in [0.15, 0.2) is 5.96 Å². The molecule has 5 heteroatoms. The summed E-state index contributed by atoms with van der Waals surface area (Å²) in [5.41, 5.74) is 8.78. The molecule has 0 radical (unpaired) electrons. The summed E-state index contributed by atoms with van der Waals surface area (Å²) in [5.74, 6) is 2.42. The number of nitrogens with two attached hydrogens (primary N) is 1. The summed E-state index contributed by atoms with van der Waals surface area (Å²) < 4.78 is 11.3. The summed E-state index contributed by atoms with van der Waals surface area (Å²) >= 11 is 0. The van der Waals surface area contributed by atoms with Gasteiger partial charge < -0.3 is 20.1 Å². The minimum Gasteiger partial charge on any atom is -0.496 e. The van der Waals surface area contributed by atoms with Gasteiger partial charge in [-0.05, 0) is 44.6 Å². The van der Waals surface area contributed by atoms with Crippen molar-refractivity contribution in [3.8, 4) is 5.75 Å². The lowest BCUT2D eigenvalue weighted by molar-refractivity contribution is 0.0521. The van der Waals surface area contributed by atoms with E-state index in [2.05, 4.69) is 36.9 Å². The van der Waals surface area contributed by atoms with E-state index < -0.39 is 0 Å². The molecule has 144 valence electrons. The van der Waals surface area contributed by atoms with Gasteiger partial charge >= 0.3 is 0 Å². The summed E-state index contributed by atoms with van der Waals surface area (Å²) in [6, 6.07) is 6.42. The number of methoxy groups -OCH3 is 1. The van der Waals surface area contributed by atoms with Crippen molar-refractivity contribution in [1.29, 1.82) is 0 Å². The van der Waals surface area contributed by atoms with Gasteiger partial charge in [-0.3, -0.25) is 4.99 Å². The highest BCUT2D eigenvalue weighted by molar-refractivity contribution is 5.78. The van der Waals surface area contributed by atoms with Gasteiger partial charge in [-0.25, -0.2) is 0 Å². The number of hydrogen-bond donors (Lipinski definition) is 1. The lowest BCUT2D eigenvalue weighted by atomic mass is 9.73. The van der Waals surface area contributed by atoms with Gasteiger partial charge in [-0.1, -0.05) is 24.6 Å². The lowest BCUT2D eigenvalue weighted by Crippen LogP contribution is -2.44. The van der Waals surface area contributed by atoms with E-state index in [4.69, 9.17) is 20.2 Å². The first-order chi connectivity index (χ1) is 12.5. The van der Waals surface area contributed by atoms with Crippen LogP contribution in [0.2, 0.25) is 0 Å². The molecular weight excluding hydrogens is 326 g/mol. The molecule has 0 spiro atoms. The first-order valence-corrected chi connectivity index (χ1v) is 9.82. The number of ether oxygens (including phenoxy) is 2. The molecule has 0 aliphatic carbocycles. The summed E-state index contributed by atoms with van der Waals surface area (Å²) in [5, 5.41) is 0. The zero-order valence-electron chi connectivity index (χ0n) is 16.5. The molecule has 0 unspecified atom stereocenters. The summed E-state index contributed by atoms with van der Waals surface area (Å²) in [7, 11) is 1.74. The summed E-state index contributed by atoms with van der Waals surface area (Å²) in [6.45, 7) is 8.67. The maximum Gasteiger partial charge on any atom is 0.191 e. The number of guanidine groups is 1. The number of hydrogen-bond acceptors (Lipinski definition) is 3. The third-order valence-electron chi connectivity index (χ3n) is 6.03. The van der Waals surface area contributed by atoms with E-state index in [9.17, 15) is 0 Å². The van der Waals surface area contributed by atoms with Gasteiger partial charge in [0.05, 0.1) is 13.7 Å². The number of likely N-dealkylation sites (tertiary alicyclic amines) is 1. The van der Waals surface area contributed by atoms with Gasteiger partial charge in [0.1, 0.15) is 5.75 Å². The highest BCUT2D eigenvalue weighted by Crippen LogP contribution is 2.40. The number of aryl methyl sites for hydroxylation is 1. The highest BCUT2D eigenvalue weighted by Gasteiger charge is 2.37. The Kier molecular flexibility index (Phi) is 6.07. The Balaban J connectivity index is 1.84. The second kappa shape index (κ2) is 8.30. The van der Waals surface area contributed by atoms with Crippen molar-refractivity contribution < 1.29 is 9.47 Å². The van der Waals surface area contributed by atoms with E-state index in [1.807, 2.05) is 0 Å². The predicted octanol–water partition coefficient (Wildman–Crippen LogP) is 3.10. The van der Waals surface area contributed by atoms with Crippen LogP contribution in [0, 0.1) is 12.8 Å². The van der Waals surface area contributed by atoms with E-state index in [1.165, 1.54) is 24.0 Å². The van der Waals surface area contributed by atoms with E-state index in [-0.39, 0.29) is 5.41 Å². The van der Waals surface area contributed by atoms with Crippen LogP contribution in [0.5, 0.6) is 5.75 Å². The molecule has 1 aromatic carbocycles. The molecule has 0 saturated carbocycles. The number of aliphatic imine (C=N–C) groups is 1. The van der Waals surface area contributed by atoms with Crippen LogP contribution < -0.4 is 10.5 Å². The Bertz CT molecular complexity index is 630. The zero-order valence-corrected chi connectivity index (χ0v) is 16.5. The van der Waals surface area contributed by atoms with Crippen LogP contribution in [0.1, 0.15) is 43.7 Å². The fourth-order valence-electron chi connectivity index (χ4n) is 4.08. The van der Waals surface area contributed by atoms with Crippen LogP contribution in [-0.2, 0) is 10.2 Å². The second-order valence-electron chi connectivity index (χ2n) is 7.94. The van der Waals surface area contributed by atoms with Gasteiger partial charge in [0.25, 0.3) is 0 Å². The number of piperidine rings is 1. The second-order valence-corrected chi connectivity index (χ2v) is 7.94. The number of nitrogens with zero attached hydrogens (tertiary/aromatic N) is 2. The highest BCUT2D eigenvalue weighted by atomic mass is 16.5. The molecule has 2 aliphatic heterocycles. The Hall–Kier alpha value is -1.75. The monoisotopic (exact) mass is 359 g/mol. The minimum absolute atomic E-state index is 0.0662. The standard InChI is InChI=1S/C21H33N3O2/c1-16-6-10-24(11-7-16)20(22)23-15-21(8-12-26-13-9-21)18-14-17(2)4-5-19(18)25-3/h4-5,14,16H,6-13,15H2,1-3H3,(H2,22,23). The molecule has 26 heavy (non-hydrogen) atoms. The molecule has 5 nitrogen and oxygen atoms in total. The van der Waals surface area contributed by atoms with Crippen molar-refractivity contribution in [3.05, 3.63) is 29.3 Å². The third-order valence-corrected chi connectivity index (χ3v) is 6.03. The normalized spacial score (nSPS) is 21.7. The van der Waals surface area contributed by atoms with E-state index in [1.54, 1.807) is 7.11 Å². The Morgan fingerprint density at radius 3 is 2.65 bits per heavy atom. The van der Waals surface area contributed by atoms with Gasteiger partial charge in [-0.2, -0.15) is 0 Å². The summed E-state index contributed by atoms with van der Waals surface area (Å²) in [4.78, 5) is 7.10. The average molecular weight is 360 g/mol. The first-order valence-electron chi connectivity index (χ1n) is 9.82. The Labute approximate surface area is 157 Å². The van der Waals surface area contributed by atoms with Crippen LogP contribution in [0.15, 0.2) is 23.2 Å². The van der Waals surface area contributed by atoms with Crippen molar-refractivity contribution in [2.45, 2.75) is 44.9 Å².